The van der Waals surface area contributed by atoms with Gasteiger partial charge in [-0.25, -0.2) is 9.97 Å². The number of aromatic nitrogens is 4. The predicted octanol–water partition coefficient (Wildman–Crippen LogP) is 2.40. The van der Waals surface area contributed by atoms with Gasteiger partial charge in [0.25, 0.3) is 0 Å². The first-order valence-corrected chi connectivity index (χ1v) is 7.64. The van der Waals surface area contributed by atoms with Crippen LogP contribution in [-0.2, 0) is 6.54 Å². The molecule has 0 saturated heterocycles. The van der Waals surface area contributed by atoms with E-state index in [4.69, 9.17) is 0 Å². The molecular formula is C17H16N4O. The van der Waals surface area contributed by atoms with Gasteiger partial charge in [-0.05, 0) is 12.0 Å². The minimum atomic E-state index is -0.498. The molecule has 0 fully saturated rings. The molecule has 0 spiro atoms. The van der Waals surface area contributed by atoms with Gasteiger partial charge in [-0.2, -0.15) is 0 Å². The standard InChI is InChI=1S/C17H16N4O/c22-17-13(5-6-20-9-18-8-15(17)20)16-12-4-2-1-3-11(12)14-7-19-10-21(14)16/h1-4,7-10,13,16-17,22H,5-6H2/t13-,16+,17+/m1/s1. The van der Waals surface area contributed by atoms with E-state index < -0.39 is 6.10 Å². The van der Waals surface area contributed by atoms with Crippen LogP contribution in [0.15, 0.2) is 49.3 Å². The number of hydrogen-bond donors (Lipinski definition) is 1. The molecule has 2 aliphatic heterocycles. The minimum Gasteiger partial charge on any atom is -0.386 e. The van der Waals surface area contributed by atoms with E-state index in [9.17, 15) is 5.11 Å². The Morgan fingerprint density at radius 2 is 1.95 bits per heavy atom. The minimum absolute atomic E-state index is 0.140. The molecule has 110 valence electrons. The number of rotatable bonds is 1. The Bertz CT molecular complexity index is 850. The van der Waals surface area contributed by atoms with Gasteiger partial charge in [0, 0.05) is 18.0 Å². The number of fused-ring (bicyclic) bond motifs is 4. The Hall–Kier alpha value is -2.40. The maximum atomic E-state index is 10.9. The summed E-state index contributed by atoms with van der Waals surface area (Å²) in [5.74, 6) is 0.140. The summed E-state index contributed by atoms with van der Waals surface area (Å²) in [5, 5.41) is 10.9. The molecule has 5 nitrogen and oxygen atoms in total. The van der Waals surface area contributed by atoms with Crippen molar-refractivity contribution in [1.82, 2.24) is 19.1 Å². The van der Waals surface area contributed by atoms with Crippen LogP contribution >= 0.6 is 0 Å². The number of nitrogens with zero attached hydrogens (tertiary/aromatic N) is 4. The van der Waals surface area contributed by atoms with E-state index in [1.54, 1.807) is 12.5 Å². The molecule has 22 heavy (non-hydrogen) atoms. The van der Waals surface area contributed by atoms with Crippen molar-refractivity contribution in [3.05, 3.63) is 60.6 Å². The molecular weight excluding hydrogens is 276 g/mol. The zero-order valence-electron chi connectivity index (χ0n) is 12.0. The lowest BCUT2D eigenvalue weighted by Gasteiger charge is -2.34. The zero-order chi connectivity index (χ0) is 14.7. The molecule has 5 heteroatoms. The van der Waals surface area contributed by atoms with Gasteiger partial charge in [0.1, 0.15) is 6.10 Å². The van der Waals surface area contributed by atoms with Crippen LogP contribution in [-0.4, -0.2) is 24.2 Å². The SMILES string of the molecule is O[C@@H]1c2cncn2CC[C@@H]1[C@@H]1c2ccccc2-c2cncn21. The fourth-order valence-electron chi connectivity index (χ4n) is 4.07. The third kappa shape index (κ3) is 1.46. The first-order chi connectivity index (χ1) is 10.8. The highest BCUT2D eigenvalue weighted by atomic mass is 16.3. The van der Waals surface area contributed by atoms with Gasteiger partial charge in [-0.3, -0.25) is 0 Å². The van der Waals surface area contributed by atoms with Crippen molar-refractivity contribution in [2.24, 2.45) is 5.92 Å². The maximum Gasteiger partial charge on any atom is 0.101 e. The Labute approximate surface area is 127 Å². The van der Waals surface area contributed by atoms with Gasteiger partial charge >= 0.3 is 0 Å². The largest absolute Gasteiger partial charge is 0.386 e. The quantitative estimate of drug-likeness (QED) is 0.749. The lowest BCUT2D eigenvalue weighted by molar-refractivity contribution is 0.0556. The molecule has 2 aromatic heterocycles. The van der Waals surface area contributed by atoms with Crippen molar-refractivity contribution in [2.45, 2.75) is 25.1 Å². The summed E-state index contributed by atoms with van der Waals surface area (Å²) < 4.78 is 4.27. The average Bonchev–Trinajstić information content (AvgIpc) is 3.23. The van der Waals surface area contributed by atoms with Gasteiger partial charge < -0.3 is 14.2 Å². The average molecular weight is 292 g/mol. The normalized spacial score (nSPS) is 25.6. The van der Waals surface area contributed by atoms with E-state index in [0.29, 0.717) is 0 Å². The third-order valence-corrected chi connectivity index (χ3v) is 5.08. The number of imidazole rings is 2. The second-order valence-electron chi connectivity index (χ2n) is 6.13. The third-order valence-electron chi connectivity index (χ3n) is 5.08. The molecule has 0 radical (unpaired) electrons. The second-order valence-corrected chi connectivity index (χ2v) is 6.13. The van der Waals surface area contributed by atoms with Crippen molar-refractivity contribution < 1.29 is 5.11 Å². The summed E-state index contributed by atoms with van der Waals surface area (Å²) in [5.41, 5.74) is 4.59. The van der Waals surface area contributed by atoms with E-state index in [1.807, 2.05) is 12.5 Å². The predicted molar refractivity (Wildman–Crippen MR) is 81.1 cm³/mol. The Morgan fingerprint density at radius 1 is 1.09 bits per heavy atom. The number of benzene rings is 1. The van der Waals surface area contributed by atoms with Gasteiger partial charge in [-0.15, -0.1) is 0 Å². The van der Waals surface area contributed by atoms with Crippen molar-refractivity contribution >= 4 is 0 Å². The highest BCUT2D eigenvalue weighted by Gasteiger charge is 2.40. The fraction of sp³-hybridized carbons (Fsp3) is 0.294. The molecule has 3 atom stereocenters. The second kappa shape index (κ2) is 4.30. The lowest BCUT2D eigenvalue weighted by atomic mass is 9.83. The van der Waals surface area contributed by atoms with Crippen LogP contribution in [0.2, 0.25) is 0 Å². The number of aliphatic hydroxyl groups excluding tert-OH is 1. The fourth-order valence-corrected chi connectivity index (χ4v) is 4.07. The van der Waals surface area contributed by atoms with Crippen LogP contribution < -0.4 is 0 Å². The zero-order valence-corrected chi connectivity index (χ0v) is 12.0. The number of aliphatic hydroxyl groups is 1. The molecule has 3 aromatic rings. The van der Waals surface area contributed by atoms with Crippen molar-refractivity contribution in [1.29, 1.82) is 0 Å². The van der Waals surface area contributed by atoms with Crippen LogP contribution in [0.4, 0.5) is 0 Å². The summed E-state index contributed by atoms with van der Waals surface area (Å²) in [6.07, 6.45) is 7.83. The first kappa shape index (κ1) is 12.2. The maximum absolute atomic E-state index is 10.9. The summed E-state index contributed by atoms with van der Waals surface area (Å²) in [6.45, 7) is 0.903. The van der Waals surface area contributed by atoms with E-state index in [1.165, 1.54) is 11.1 Å². The van der Waals surface area contributed by atoms with Crippen molar-refractivity contribution in [3.8, 4) is 11.3 Å². The topological polar surface area (TPSA) is 55.9 Å². The molecule has 0 amide bonds. The molecule has 0 saturated carbocycles. The van der Waals surface area contributed by atoms with Gasteiger partial charge in [-0.1, -0.05) is 24.3 Å². The summed E-state index contributed by atoms with van der Waals surface area (Å²) in [4.78, 5) is 8.49. The molecule has 5 rings (SSSR count). The van der Waals surface area contributed by atoms with E-state index >= 15 is 0 Å². The Balaban J connectivity index is 1.65. The summed E-state index contributed by atoms with van der Waals surface area (Å²) in [7, 11) is 0. The van der Waals surface area contributed by atoms with E-state index in [-0.39, 0.29) is 12.0 Å². The monoisotopic (exact) mass is 292 g/mol. The summed E-state index contributed by atoms with van der Waals surface area (Å²) in [6, 6.07) is 8.59. The van der Waals surface area contributed by atoms with Crippen LogP contribution in [0.25, 0.3) is 11.3 Å². The highest BCUT2D eigenvalue weighted by molar-refractivity contribution is 5.69. The van der Waals surface area contributed by atoms with Gasteiger partial charge in [0.15, 0.2) is 0 Å². The molecule has 0 aliphatic carbocycles. The molecule has 4 heterocycles. The van der Waals surface area contributed by atoms with Crippen LogP contribution in [0.3, 0.4) is 0 Å². The van der Waals surface area contributed by atoms with Crippen LogP contribution in [0.5, 0.6) is 0 Å². The van der Waals surface area contributed by atoms with Crippen LogP contribution in [0.1, 0.15) is 29.8 Å². The molecule has 0 bridgehead atoms. The van der Waals surface area contributed by atoms with Gasteiger partial charge in [0.2, 0.25) is 0 Å². The number of aryl methyl sites for hydroxylation is 1. The summed E-state index contributed by atoms with van der Waals surface area (Å²) >= 11 is 0. The highest BCUT2D eigenvalue weighted by Crippen LogP contribution is 2.48. The first-order valence-electron chi connectivity index (χ1n) is 7.64. The molecule has 1 N–H and O–H groups in total. The van der Waals surface area contributed by atoms with Crippen molar-refractivity contribution in [3.63, 3.8) is 0 Å². The van der Waals surface area contributed by atoms with Crippen LogP contribution in [0, 0.1) is 5.92 Å². The smallest absolute Gasteiger partial charge is 0.101 e. The number of hydrogen-bond acceptors (Lipinski definition) is 3. The molecule has 2 aliphatic rings. The Morgan fingerprint density at radius 3 is 2.91 bits per heavy atom. The van der Waals surface area contributed by atoms with E-state index in [2.05, 4.69) is 43.4 Å². The molecule has 1 aromatic carbocycles. The molecule has 0 unspecified atom stereocenters. The van der Waals surface area contributed by atoms with Crippen molar-refractivity contribution in [2.75, 3.05) is 0 Å². The lowest BCUT2D eigenvalue weighted by Crippen LogP contribution is -2.30. The van der Waals surface area contributed by atoms with E-state index in [0.717, 1.165) is 24.4 Å². The van der Waals surface area contributed by atoms with Gasteiger partial charge in [0.05, 0.1) is 42.5 Å². The Kier molecular flexibility index (Phi) is 2.38.